The summed E-state index contributed by atoms with van der Waals surface area (Å²) in [5.74, 6) is 0.210. The first kappa shape index (κ1) is 15.6. The number of hydrogen-bond acceptors (Lipinski definition) is 3. The van der Waals surface area contributed by atoms with Crippen LogP contribution in [0.2, 0.25) is 0 Å². The molecule has 0 amide bonds. The van der Waals surface area contributed by atoms with Gasteiger partial charge in [0.25, 0.3) is 5.56 Å². The average molecular weight is 363 g/mol. The third-order valence-corrected chi connectivity index (χ3v) is 3.25. The monoisotopic (exact) mass is 362 g/mol. The molecule has 1 aromatic heterocycles. The summed E-state index contributed by atoms with van der Waals surface area (Å²) in [4.78, 5) is 16.0. The van der Waals surface area contributed by atoms with E-state index in [1.54, 1.807) is 6.92 Å². The lowest BCUT2D eigenvalue weighted by Crippen LogP contribution is -2.24. The lowest BCUT2D eigenvalue weighted by atomic mass is 10.2. The van der Waals surface area contributed by atoms with Crippen LogP contribution >= 0.6 is 15.9 Å². The molecule has 0 bridgehead atoms. The molecule has 0 N–H and O–H groups in total. The Hall–Kier alpha value is -1.83. The minimum absolute atomic E-state index is 0.212. The highest BCUT2D eigenvalue weighted by molar-refractivity contribution is 9.10. The number of hydrogen-bond donors (Lipinski definition) is 0. The zero-order chi connectivity index (χ0) is 15.6. The molecular formula is C13H10BrF3N2O2. The van der Waals surface area contributed by atoms with E-state index in [-0.39, 0.29) is 17.9 Å². The predicted molar refractivity (Wildman–Crippen MR) is 73.2 cm³/mol. The van der Waals surface area contributed by atoms with Crippen molar-refractivity contribution in [3.05, 3.63) is 56.7 Å². The molecular weight excluding hydrogens is 353 g/mol. The maximum absolute atomic E-state index is 12.1. The molecule has 0 saturated carbocycles. The van der Waals surface area contributed by atoms with Crippen molar-refractivity contribution in [2.24, 2.45) is 0 Å². The van der Waals surface area contributed by atoms with Crippen LogP contribution in [0.4, 0.5) is 13.2 Å². The predicted octanol–water partition coefficient (Wildman–Crippen LogP) is 3.26. The molecule has 1 heterocycles. The van der Waals surface area contributed by atoms with Crippen LogP contribution in [0.1, 0.15) is 11.4 Å². The summed E-state index contributed by atoms with van der Waals surface area (Å²) in [6.07, 6.45) is -3.31. The van der Waals surface area contributed by atoms with E-state index in [0.717, 1.165) is 0 Å². The molecule has 0 fully saturated rings. The third kappa shape index (κ3) is 4.07. The highest BCUT2D eigenvalue weighted by atomic mass is 79.9. The molecule has 2 aromatic rings. The smallest absolute Gasteiger partial charge is 0.406 e. The normalized spacial score (nSPS) is 11.5. The average Bonchev–Trinajstić information content (AvgIpc) is 2.39. The van der Waals surface area contributed by atoms with E-state index in [1.807, 2.05) is 0 Å². The van der Waals surface area contributed by atoms with Crippen molar-refractivity contribution in [1.82, 2.24) is 9.55 Å². The van der Waals surface area contributed by atoms with E-state index in [9.17, 15) is 18.0 Å². The second-order valence-corrected chi connectivity index (χ2v) is 5.09. The van der Waals surface area contributed by atoms with Crippen molar-refractivity contribution in [3.63, 3.8) is 0 Å². The minimum atomic E-state index is -4.72. The van der Waals surface area contributed by atoms with Crippen LogP contribution in [0.25, 0.3) is 0 Å². The van der Waals surface area contributed by atoms with Crippen LogP contribution in [0.5, 0.6) is 5.75 Å². The van der Waals surface area contributed by atoms with Gasteiger partial charge in [-0.3, -0.25) is 9.36 Å². The van der Waals surface area contributed by atoms with Gasteiger partial charge in [-0.05, 0) is 40.5 Å². The second-order valence-electron chi connectivity index (χ2n) is 4.24. The summed E-state index contributed by atoms with van der Waals surface area (Å²) in [7, 11) is 0. The molecule has 21 heavy (non-hydrogen) atoms. The SMILES string of the molecule is Cc1ncc(Br)c(=O)n1Cc1ccc(OC(F)(F)F)cc1. The van der Waals surface area contributed by atoms with Gasteiger partial charge in [0.2, 0.25) is 0 Å². The Kier molecular flexibility index (Phi) is 4.36. The van der Waals surface area contributed by atoms with E-state index in [4.69, 9.17) is 0 Å². The standard InChI is InChI=1S/C13H10BrF3N2O2/c1-8-18-6-11(14)12(20)19(8)7-9-2-4-10(5-3-9)21-13(15,16)17/h2-6H,7H2,1H3. The van der Waals surface area contributed by atoms with Crippen LogP contribution in [-0.4, -0.2) is 15.9 Å². The first-order valence-corrected chi connectivity index (χ1v) is 6.62. The van der Waals surface area contributed by atoms with E-state index in [1.165, 1.54) is 35.0 Å². The zero-order valence-electron chi connectivity index (χ0n) is 10.8. The number of benzene rings is 1. The number of aryl methyl sites for hydroxylation is 1. The largest absolute Gasteiger partial charge is 0.573 e. The molecule has 1 aromatic carbocycles. The molecule has 0 atom stereocenters. The molecule has 0 aliphatic rings. The van der Waals surface area contributed by atoms with Gasteiger partial charge in [-0.25, -0.2) is 4.98 Å². The van der Waals surface area contributed by atoms with Crippen molar-refractivity contribution in [1.29, 1.82) is 0 Å². The van der Waals surface area contributed by atoms with Gasteiger partial charge in [0, 0.05) is 6.20 Å². The maximum atomic E-state index is 12.1. The van der Waals surface area contributed by atoms with Crippen LogP contribution in [-0.2, 0) is 6.54 Å². The van der Waals surface area contributed by atoms with Gasteiger partial charge >= 0.3 is 6.36 Å². The van der Waals surface area contributed by atoms with Crippen LogP contribution in [0.3, 0.4) is 0 Å². The van der Waals surface area contributed by atoms with Crippen molar-refractivity contribution < 1.29 is 17.9 Å². The van der Waals surface area contributed by atoms with Gasteiger partial charge in [0.15, 0.2) is 0 Å². The molecule has 8 heteroatoms. The Morgan fingerprint density at radius 1 is 1.29 bits per heavy atom. The van der Waals surface area contributed by atoms with Crippen LogP contribution in [0, 0.1) is 6.92 Å². The van der Waals surface area contributed by atoms with Gasteiger partial charge in [-0.1, -0.05) is 12.1 Å². The fourth-order valence-corrected chi connectivity index (χ4v) is 2.03. The topological polar surface area (TPSA) is 44.1 Å². The fourth-order valence-electron chi connectivity index (χ4n) is 1.72. The summed E-state index contributed by atoms with van der Waals surface area (Å²) in [5.41, 5.74) is 0.410. The van der Waals surface area contributed by atoms with E-state index >= 15 is 0 Å². The van der Waals surface area contributed by atoms with Crippen molar-refractivity contribution in [2.45, 2.75) is 19.8 Å². The zero-order valence-corrected chi connectivity index (χ0v) is 12.4. The Bertz CT molecular complexity index is 696. The van der Waals surface area contributed by atoms with E-state index in [2.05, 4.69) is 25.7 Å². The number of alkyl halides is 3. The van der Waals surface area contributed by atoms with Crippen molar-refractivity contribution >= 4 is 15.9 Å². The van der Waals surface area contributed by atoms with Crippen LogP contribution < -0.4 is 10.3 Å². The highest BCUT2D eigenvalue weighted by Gasteiger charge is 2.30. The summed E-state index contributed by atoms with van der Waals surface area (Å²) in [6, 6.07) is 5.34. The molecule has 0 saturated heterocycles. The first-order chi connectivity index (χ1) is 9.76. The number of aromatic nitrogens is 2. The van der Waals surface area contributed by atoms with Crippen molar-refractivity contribution in [3.8, 4) is 5.75 Å². The number of halogens is 4. The first-order valence-electron chi connectivity index (χ1n) is 5.83. The Morgan fingerprint density at radius 3 is 2.48 bits per heavy atom. The number of ether oxygens (including phenoxy) is 1. The second kappa shape index (κ2) is 5.88. The van der Waals surface area contributed by atoms with Gasteiger partial charge < -0.3 is 4.74 Å². The molecule has 0 radical (unpaired) electrons. The van der Waals surface area contributed by atoms with Gasteiger partial charge in [-0.15, -0.1) is 13.2 Å². The Labute approximate surface area is 126 Å². The van der Waals surface area contributed by atoms with Gasteiger partial charge in [0.1, 0.15) is 16.0 Å². The summed E-state index contributed by atoms with van der Waals surface area (Å²) >= 11 is 3.10. The number of rotatable bonds is 3. The molecule has 0 spiro atoms. The molecule has 112 valence electrons. The molecule has 0 unspecified atom stereocenters. The summed E-state index contributed by atoms with van der Waals surface area (Å²) < 4.78 is 41.7. The Balaban J connectivity index is 2.22. The van der Waals surface area contributed by atoms with E-state index in [0.29, 0.717) is 15.9 Å². The molecule has 4 nitrogen and oxygen atoms in total. The number of nitrogens with zero attached hydrogens (tertiary/aromatic N) is 2. The lowest BCUT2D eigenvalue weighted by molar-refractivity contribution is -0.274. The van der Waals surface area contributed by atoms with Gasteiger partial charge in [0.05, 0.1) is 6.54 Å². The van der Waals surface area contributed by atoms with Crippen LogP contribution in [0.15, 0.2) is 39.7 Å². The Morgan fingerprint density at radius 2 is 1.90 bits per heavy atom. The van der Waals surface area contributed by atoms with E-state index < -0.39 is 6.36 Å². The highest BCUT2D eigenvalue weighted by Crippen LogP contribution is 2.22. The fraction of sp³-hybridized carbons (Fsp3) is 0.231. The quantitative estimate of drug-likeness (QED) is 0.841. The molecule has 0 aliphatic carbocycles. The van der Waals surface area contributed by atoms with Crippen molar-refractivity contribution in [2.75, 3.05) is 0 Å². The third-order valence-electron chi connectivity index (χ3n) is 2.70. The maximum Gasteiger partial charge on any atom is 0.573 e. The minimum Gasteiger partial charge on any atom is -0.406 e. The molecule has 2 rings (SSSR count). The van der Waals surface area contributed by atoms with Gasteiger partial charge in [-0.2, -0.15) is 0 Å². The lowest BCUT2D eigenvalue weighted by Gasteiger charge is -2.11. The summed E-state index contributed by atoms with van der Waals surface area (Å²) in [5, 5.41) is 0. The molecule has 0 aliphatic heterocycles. The summed E-state index contributed by atoms with van der Waals surface area (Å²) in [6.45, 7) is 1.89.